The fourth-order valence-corrected chi connectivity index (χ4v) is 3.66. The van der Waals surface area contributed by atoms with Crippen LogP contribution >= 0.6 is 23.2 Å². The molecular weight excluding hydrogens is 552 g/mol. The number of hydrogen-bond acceptors (Lipinski definition) is 7. The lowest BCUT2D eigenvalue weighted by Gasteiger charge is -2.15. The van der Waals surface area contributed by atoms with Crippen molar-refractivity contribution in [3.05, 3.63) is 84.5 Å². The van der Waals surface area contributed by atoms with Crippen LogP contribution in [0.5, 0.6) is 5.75 Å². The first-order valence-corrected chi connectivity index (χ1v) is 11.8. The molecule has 0 fully saturated rings. The van der Waals surface area contributed by atoms with Gasteiger partial charge >= 0.3 is 11.9 Å². The van der Waals surface area contributed by atoms with Gasteiger partial charge in [-0.25, -0.2) is 4.79 Å². The average Bonchev–Trinajstić information content (AvgIpc) is 2.87. The number of hydrogen-bond donors (Lipinski definition) is 2. The maximum Gasteiger partial charge on any atom is 0.417 e. The Morgan fingerprint density at radius 3 is 2.47 bits per heavy atom. The summed E-state index contributed by atoms with van der Waals surface area (Å²) in [4.78, 5) is 30.2. The number of aromatic nitrogens is 2. The van der Waals surface area contributed by atoms with E-state index in [0.717, 1.165) is 27.2 Å². The van der Waals surface area contributed by atoms with E-state index in [4.69, 9.17) is 37.8 Å². The van der Waals surface area contributed by atoms with Gasteiger partial charge in [-0.1, -0.05) is 35.3 Å². The summed E-state index contributed by atoms with van der Waals surface area (Å²) in [6, 6.07) is 9.77. The van der Waals surface area contributed by atoms with Crippen molar-refractivity contribution < 1.29 is 27.8 Å². The lowest BCUT2D eigenvalue weighted by molar-refractivity contribution is -0.137. The molecule has 1 heterocycles. The highest BCUT2D eigenvalue weighted by Crippen LogP contribution is 2.36. The monoisotopic (exact) mass is 574 g/mol. The van der Waals surface area contributed by atoms with Crippen LogP contribution in [0.15, 0.2) is 57.0 Å². The molecule has 0 unspecified atom stereocenters. The normalized spacial score (nSPS) is 11.8. The number of nitrogens with one attached hydrogen (secondary N) is 1. The van der Waals surface area contributed by atoms with Crippen molar-refractivity contribution in [1.29, 1.82) is 0 Å². The highest BCUT2D eigenvalue weighted by atomic mass is 35.5. The van der Waals surface area contributed by atoms with Crippen LogP contribution in [0.3, 0.4) is 0 Å². The molecule has 0 radical (unpaired) electrons. The Morgan fingerprint density at radius 1 is 1.11 bits per heavy atom. The predicted molar refractivity (Wildman–Crippen MR) is 138 cm³/mol. The van der Waals surface area contributed by atoms with Crippen LogP contribution < -0.4 is 21.3 Å². The molecule has 3 aromatic rings. The molecule has 0 aliphatic carbocycles. The SMILES string of the molecule is Cn1c(/N=C/Oc2ccc(Cl)c(C(F)(F)F)c2)c(NCc2ccc(Cl)cc2)c(=O)n(CCOCCO)c1=O. The van der Waals surface area contributed by atoms with Crippen molar-refractivity contribution >= 4 is 41.1 Å². The number of halogens is 5. The standard InChI is InChI=1S/C24H23Cl2F3N4O5/c1-32-21(31-14-38-17-6-7-19(26)18(12-17)24(27,28)29)20(30-13-15-2-4-16(25)5-3-15)22(35)33(23(32)36)8-10-37-11-9-34/h2-7,12,14,30,34H,8-11,13H2,1H3/b31-14+. The lowest BCUT2D eigenvalue weighted by atomic mass is 10.2. The van der Waals surface area contributed by atoms with E-state index in [-0.39, 0.29) is 50.2 Å². The first kappa shape index (κ1) is 29.2. The maximum atomic E-state index is 13.2. The molecular formula is C24H23Cl2F3N4O5. The number of nitrogens with zero attached hydrogens (tertiary/aromatic N) is 3. The number of aliphatic hydroxyl groups excluding tert-OH is 1. The van der Waals surface area contributed by atoms with Gasteiger partial charge in [-0.05, 0) is 35.9 Å². The Kier molecular flexibility index (Phi) is 9.97. The predicted octanol–water partition coefficient (Wildman–Crippen LogP) is 4.23. The van der Waals surface area contributed by atoms with Gasteiger partial charge in [0.25, 0.3) is 5.56 Å². The average molecular weight is 575 g/mol. The van der Waals surface area contributed by atoms with E-state index in [1.807, 2.05) is 0 Å². The van der Waals surface area contributed by atoms with E-state index in [0.29, 0.717) is 11.1 Å². The fourth-order valence-electron chi connectivity index (χ4n) is 3.31. The zero-order chi connectivity index (χ0) is 27.9. The van der Waals surface area contributed by atoms with E-state index in [9.17, 15) is 22.8 Å². The molecule has 2 N–H and O–H groups in total. The quantitative estimate of drug-likeness (QED) is 0.201. The molecule has 14 heteroatoms. The Hall–Kier alpha value is -3.32. The summed E-state index contributed by atoms with van der Waals surface area (Å²) in [5.41, 5.74) is -1.79. The number of ether oxygens (including phenoxy) is 2. The topological polar surface area (TPSA) is 107 Å². The number of alkyl halides is 3. The smallest absolute Gasteiger partial charge is 0.417 e. The fraction of sp³-hybridized carbons (Fsp3) is 0.292. The third-order valence-electron chi connectivity index (χ3n) is 5.20. The van der Waals surface area contributed by atoms with Gasteiger partial charge in [-0.15, -0.1) is 0 Å². The van der Waals surface area contributed by atoms with Gasteiger partial charge in [0, 0.05) is 18.6 Å². The van der Waals surface area contributed by atoms with Crippen LogP contribution in [0, 0.1) is 0 Å². The van der Waals surface area contributed by atoms with Gasteiger partial charge < -0.3 is 19.9 Å². The van der Waals surface area contributed by atoms with Gasteiger partial charge in [-0.3, -0.25) is 13.9 Å². The first-order valence-electron chi connectivity index (χ1n) is 11.1. The lowest BCUT2D eigenvalue weighted by Crippen LogP contribution is -2.41. The van der Waals surface area contributed by atoms with Crippen LogP contribution in [-0.2, 0) is 31.1 Å². The summed E-state index contributed by atoms with van der Waals surface area (Å²) in [7, 11) is 1.37. The molecule has 9 nitrogen and oxygen atoms in total. The molecule has 1 aromatic heterocycles. The van der Waals surface area contributed by atoms with Crippen LogP contribution in [0.25, 0.3) is 0 Å². The van der Waals surface area contributed by atoms with Gasteiger partial charge in [-0.2, -0.15) is 18.2 Å². The summed E-state index contributed by atoms with van der Waals surface area (Å²) >= 11 is 11.5. The Bertz CT molecular complexity index is 1410. The van der Waals surface area contributed by atoms with Gasteiger partial charge in [0.1, 0.15) is 11.4 Å². The largest absolute Gasteiger partial charge is 0.446 e. The summed E-state index contributed by atoms with van der Waals surface area (Å²) < 4.78 is 51.8. The number of anilines is 1. The van der Waals surface area contributed by atoms with E-state index < -0.39 is 28.0 Å². The van der Waals surface area contributed by atoms with Crippen molar-refractivity contribution in [2.45, 2.75) is 19.3 Å². The zero-order valence-corrected chi connectivity index (χ0v) is 21.5. The Morgan fingerprint density at radius 2 is 1.82 bits per heavy atom. The molecule has 0 saturated heterocycles. The molecule has 3 rings (SSSR count). The second-order valence-electron chi connectivity index (χ2n) is 7.80. The number of aliphatic hydroxyl groups is 1. The minimum absolute atomic E-state index is 0.00381. The number of benzene rings is 2. The molecule has 0 aliphatic heterocycles. The molecule has 0 saturated carbocycles. The summed E-state index contributed by atoms with van der Waals surface area (Å²) in [6.07, 6.45) is -3.87. The molecule has 38 heavy (non-hydrogen) atoms. The summed E-state index contributed by atoms with van der Waals surface area (Å²) in [5.74, 6) is -0.327. The number of rotatable bonds is 11. The van der Waals surface area contributed by atoms with E-state index in [1.54, 1.807) is 24.3 Å². The maximum absolute atomic E-state index is 13.2. The van der Waals surface area contributed by atoms with Crippen LogP contribution in [0.1, 0.15) is 11.1 Å². The highest BCUT2D eigenvalue weighted by molar-refractivity contribution is 6.31. The van der Waals surface area contributed by atoms with Crippen molar-refractivity contribution in [3.8, 4) is 5.75 Å². The molecule has 2 aromatic carbocycles. The summed E-state index contributed by atoms with van der Waals surface area (Å²) in [6.45, 7) is -0.104. The van der Waals surface area contributed by atoms with Crippen LogP contribution in [-0.4, -0.2) is 40.5 Å². The molecule has 0 atom stereocenters. The molecule has 0 amide bonds. The van der Waals surface area contributed by atoms with Crippen molar-refractivity contribution in [2.24, 2.45) is 12.0 Å². The minimum Gasteiger partial charge on any atom is -0.446 e. The van der Waals surface area contributed by atoms with Gasteiger partial charge in [0.05, 0.1) is 37.0 Å². The molecule has 0 aliphatic rings. The van der Waals surface area contributed by atoms with Crippen molar-refractivity contribution in [3.63, 3.8) is 0 Å². The van der Waals surface area contributed by atoms with Crippen LogP contribution in [0.4, 0.5) is 24.7 Å². The van der Waals surface area contributed by atoms with Crippen molar-refractivity contribution in [1.82, 2.24) is 9.13 Å². The zero-order valence-electron chi connectivity index (χ0n) is 20.0. The number of aliphatic imine (C=N–C) groups is 1. The minimum atomic E-state index is -4.69. The first-order chi connectivity index (χ1) is 18.0. The van der Waals surface area contributed by atoms with Gasteiger partial charge in [0.2, 0.25) is 0 Å². The molecule has 0 bridgehead atoms. The van der Waals surface area contributed by atoms with Crippen LogP contribution in [0.2, 0.25) is 10.0 Å². The third-order valence-corrected chi connectivity index (χ3v) is 5.78. The van der Waals surface area contributed by atoms with E-state index >= 15 is 0 Å². The van der Waals surface area contributed by atoms with E-state index in [2.05, 4.69) is 10.3 Å². The summed E-state index contributed by atoms with van der Waals surface area (Å²) in [5, 5.41) is 11.8. The highest BCUT2D eigenvalue weighted by Gasteiger charge is 2.33. The Balaban J connectivity index is 1.95. The van der Waals surface area contributed by atoms with Gasteiger partial charge in [0.15, 0.2) is 12.2 Å². The third kappa shape index (κ3) is 7.38. The molecule has 0 spiro atoms. The Labute approximate surface area is 224 Å². The van der Waals surface area contributed by atoms with E-state index in [1.165, 1.54) is 13.1 Å². The second-order valence-corrected chi connectivity index (χ2v) is 8.65. The molecule has 204 valence electrons. The van der Waals surface area contributed by atoms with Crippen molar-refractivity contribution in [2.75, 3.05) is 25.1 Å². The second kappa shape index (κ2) is 13.0.